The molecule has 2 heterocycles. The molecule has 1 fully saturated rings. The molecule has 0 aliphatic carbocycles. The Kier molecular flexibility index (Phi) is 4.09. The van der Waals surface area contributed by atoms with Crippen LogP contribution in [0.4, 0.5) is 5.82 Å². The normalized spacial score (nSPS) is 21.4. The minimum Gasteiger partial charge on any atom is -0.353 e. The molecule has 1 amide bonds. The zero-order valence-electron chi connectivity index (χ0n) is 10.5. The highest BCUT2D eigenvalue weighted by Gasteiger charge is 2.23. The fraction of sp³-hybridized carbons (Fsp3) is 0.583. The maximum atomic E-state index is 11.6. The van der Waals surface area contributed by atoms with Gasteiger partial charge in [0.1, 0.15) is 0 Å². The average molecular weight is 249 g/mol. The molecule has 0 aromatic carbocycles. The lowest BCUT2D eigenvalue weighted by Gasteiger charge is -2.33. The summed E-state index contributed by atoms with van der Waals surface area (Å²) in [5.41, 5.74) is 5.55. The predicted octanol–water partition coefficient (Wildman–Crippen LogP) is -0.0912. The monoisotopic (exact) mass is 249 g/mol. The third-order valence-corrected chi connectivity index (χ3v) is 3.06. The van der Waals surface area contributed by atoms with E-state index in [-0.39, 0.29) is 11.9 Å². The van der Waals surface area contributed by atoms with E-state index in [1.165, 1.54) is 0 Å². The number of rotatable bonds is 3. The van der Waals surface area contributed by atoms with E-state index in [0.717, 1.165) is 31.7 Å². The van der Waals surface area contributed by atoms with E-state index in [2.05, 4.69) is 20.4 Å². The largest absolute Gasteiger partial charge is 0.353 e. The number of nitrogens with one attached hydrogen (secondary N) is 1. The summed E-state index contributed by atoms with van der Waals surface area (Å²) < 4.78 is 0. The molecule has 1 unspecified atom stereocenters. The molecule has 1 saturated heterocycles. The lowest BCUT2D eigenvalue weighted by Crippen LogP contribution is -2.51. The number of carbonyl (C=O) groups excluding carboxylic acids is 1. The zero-order chi connectivity index (χ0) is 13.0. The maximum absolute atomic E-state index is 11.6. The smallest absolute Gasteiger partial charge is 0.236 e. The van der Waals surface area contributed by atoms with Crippen LogP contribution in [0.2, 0.25) is 0 Å². The van der Waals surface area contributed by atoms with Gasteiger partial charge < -0.3 is 16.0 Å². The van der Waals surface area contributed by atoms with Crippen LogP contribution < -0.4 is 16.0 Å². The van der Waals surface area contributed by atoms with Gasteiger partial charge in [0, 0.05) is 25.3 Å². The van der Waals surface area contributed by atoms with Crippen LogP contribution in [0, 0.1) is 0 Å². The van der Waals surface area contributed by atoms with Crippen LogP contribution in [0.1, 0.15) is 19.8 Å². The molecular formula is C12H19N5O. The van der Waals surface area contributed by atoms with Gasteiger partial charge in [0.15, 0.2) is 5.82 Å². The molecule has 0 radical (unpaired) electrons. The van der Waals surface area contributed by atoms with Crippen LogP contribution in [-0.4, -0.2) is 41.3 Å². The number of hydrogen-bond donors (Lipinski definition) is 2. The fourth-order valence-electron chi connectivity index (χ4n) is 2.10. The Morgan fingerprint density at radius 2 is 2.50 bits per heavy atom. The molecule has 6 heteroatoms. The summed E-state index contributed by atoms with van der Waals surface area (Å²) in [4.78, 5) is 13.7. The van der Waals surface area contributed by atoms with E-state index in [0.29, 0.717) is 0 Å². The summed E-state index contributed by atoms with van der Waals surface area (Å²) in [5, 5.41) is 10.9. The lowest BCUT2D eigenvalue weighted by molar-refractivity contribution is -0.122. The Labute approximate surface area is 107 Å². The van der Waals surface area contributed by atoms with Crippen LogP contribution in [0.5, 0.6) is 0 Å². The van der Waals surface area contributed by atoms with Crippen LogP contribution in [0.15, 0.2) is 18.3 Å². The molecule has 2 atom stereocenters. The van der Waals surface area contributed by atoms with Gasteiger partial charge in [-0.25, -0.2) is 0 Å². The number of nitrogens with zero attached hydrogens (tertiary/aromatic N) is 3. The molecule has 0 bridgehead atoms. The minimum absolute atomic E-state index is 0.0963. The fourth-order valence-corrected chi connectivity index (χ4v) is 2.10. The molecule has 1 aliphatic rings. The Morgan fingerprint density at radius 3 is 3.17 bits per heavy atom. The van der Waals surface area contributed by atoms with Crippen molar-refractivity contribution in [2.24, 2.45) is 5.73 Å². The molecule has 0 saturated carbocycles. The van der Waals surface area contributed by atoms with E-state index in [9.17, 15) is 4.79 Å². The van der Waals surface area contributed by atoms with E-state index < -0.39 is 6.04 Å². The van der Waals surface area contributed by atoms with Gasteiger partial charge >= 0.3 is 0 Å². The Balaban J connectivity index is 1.95. The van der Waals surface area contributed by atoms with E-state index in [1.54, 1.807) is 13.1 Å². The van der Waals surface area contributed by atoms with Crippen molar-refractivity contribution in [3.05, 3.63) is 18.3 Å². The van der Waals surface area contributed by atoms with E-state index in [4.69, 9.17) is 5.73 Å². The number of hydrogen-bond acceptors (Lipinski definition) is 5. The molecule has 1 aliphatic heterocycles. The second-order valence-corrected chi connectivity index (χ2v) is 4.66. The summed E-state index contributed by atoms with van der Waals surface area (Å²) in [6, 6.07) is 3.48. The predicted molar refractivity (Wildman–Crippen MR) is 69.1 cm³/mol. The van der Waals surface area contributed by atoms with E-state index in [1.807, 2.05) is 12.1 Å². The van der Waals surface area contributed by atoms with Crippen molar-refractivity contribution in [2.75, 3.05) is 18.0 Å². The van der Waals surface area contributed by atoms with Crippen LogP contribution in [0.3, 0.4) is 0 Å². The Hall–Kier alpha value is -1.69. The molecule has 3 N–H and O–H groups in total. The van der Waals surface area contributed by atoms with Crippen molar-refractivity contribution in [1.29, 1.82) is 0 Å². The molecule has 18 heavy (non-hydrogen) atoms. The van der Waals surface area contributed by atoms with Gasteiger partial charge in [0.25, 0.3) is 0 Å². The van der Waals surface area contributed by atoms with Crippen molar-refractivity contribution in [3.63, 3.8) is 0 Å². The first-order chi connectivity index (χ1) is 8.66. The maximum Gasteiger partial charge on any atom is 0.236 e. The molecule has 1 aromatic heterocycles. The van der Waals surface area contributed by atoms with Gasteiger partial charge in [-0.2, -0.15) is 5.10 Å². The summed E-state index contributed by atoms with van der Waals surface area (Å²) >= 11 is 0. The Bertz CT molecular complexity index is 395. The lowest BCUT2D eigenvalue weighted by atomic mass is 10.1. The van der Waals surface area contributed by atoms with E-state index >= 15 is 0 Å². The number of carbonyl (C=O) groups is 1. The highest BCUT2D eigenvalue weighted by molar-refractivity contribution is 5.81. The summed E-state index contributed by atoms with van der Waals surface area (Å²) in [6.07, 6.45) is 3.67. The number of piperidine rings is 1. The highest BCUT2D eigenvalue weighted by atomic mass is 16.2. The molecule has 2 rings (SSSR count). The SMILES string of the molecule is C[C@@H](N)C(=O)NC1CCCN(c2cccnn2)C1. The third kappa shape index (κ3) is 3.16. The van der Waals surface area contributed by atoms with Gasteiger partial charge in [0.2, 0.25) is 5.91 Å². The highest BCUT2D eigenvalue weighted by Crippen LogP contribution is 2.16. The molecular weight excluding hydrogens is 230 g/mol. The van der Waals surface area contributed by atoms with Crippen LogP contribution in [-0.2, 0) is 4.79 Å². The van der Waals surface area contributed by atoms with Gasteiger partial charge in [-0.15, -0.1) is 5.10 Å². The van der Waals surface area contributed by atoms with Crippen molar-refractivity contribution in [1.82, 2.24) is 15.5 Å². The van der Waals surface area contributed by atoms with Gasteiger partial charge in [-0.05, 0) is 31.9 Å². The Morgan fingerprint density at radius 1 is 1.67 bits per heavy atom. The van der Waals surface area contributed by atoms with Crippen LogP contribution >= 0.6 is 0 Å². The average Bonchev–Trinajstić information content (AvgIpc) is 2.40. The van der Waals surface area contributed by atoms with Crippen molar-refractivity contribution in [2.45, 2.75) is 31.8 Å². The zero-order valence-corrected chi connectivity index (χ0v) is 10.5. The second kappa shape index (κ2) is 5.77. The number of nitrogens with two attached hydrogens (primary N) is 1. The first-order valence-corrected chi connectivity index (χ1v) is 6.25. The molecule has 0 spiro atoms. The summed E-state index contributed by atoms with van der Waals surface area (Å²) in [5.74, 6) is 0.762. The van der Waals surface area contributed by atoms with Gasteiger partial charge in [-0.1, -0.05) is 0 Å². The van der Waals surface area contributed by atoms with Crippen LogP contribution in [0.25, 0.3) is 0 Å². The first kappa shape index (κ1) is 12.8. The molecule has 6 nitrogen and oxygen atoms in total. The van der Waals surface area contributed by atoms with Gasteiger partial charge in [0.05, 0.1) is 6.04 Å². The summed E-state index contributed by atoms with van der Waals surface area (Å²) in [6.45, 7) is 3.40. The molecule has 98 valence electrons. The minimum atomic E-state index is -0.461. The second-order valence-electron chi connectivity index (χ2n) is 4.66. The quantitative estimate of drug-likeness (QED) is 0.782. The number of amides is 1. The third-order valence-electron chi connectivity index (χ3n) is 3.06. The van der Waals surface area contributed by atoms with Crippen molar-refractivity contribution < 1.29 is 4.79 Å². The standard InChI is InChI=1S/C12H19N5O/c1-9(13)12(18)15-10-4-3-7-17(8-10)11-5-2-6-14-16-11/h2,5-6,9-10H,3-4,7-8,13H2,1H3,(H,15,18)/t9-,10?/m1/s1. The topological polar surface area (TPSA) is 84.1 Å². The first-order valence-electron chi connectivity index (χ1n) is 6.25. The van der Waals surface area contributed by atoms with Crippen molar-refractivity contribution in [3.8, 4) is 0 Å². The van der Waals surface area contributed by atoms with Gasteiger partial charge in [-0.3, -0.25) is 4.79 Å². The van der Waals surface area contributed by atoms with Crippen molar-refractivity contribution >= 4 is 11.7 Å². The number of anilines is 1. The molecule has 1 aromatic rings. The summed E-state index contributed by atoms with van der Waals surface area (Å²) in [7, 11) is 0. The number of aromatic nitrogens is 2.